The van der Waals surface area contributed by atoms with Crippen LogP contribution in [-0.4, -0.2) is 28.5 Å². The number of halogens is 1. The normalized spacial score (nSPS) is 26.7. The van der Waals surface area contributed by atoms with Gasteiger partial charge in [0.25, 0.3) is 0 Å². The van der Waals surface area contributed by atoms with Gasteiger partial charge >= 0.3 is 0 Å². The summed E-state index contributed by atoms with van der Waals surface area (Å²) in [5.74, 6) is -2.88. The van der Waals surface area contributed by atoms with Crippen LogP contribution in [-0.2, 0) is 25.6 Å². The van der Waals surface area contributed by atoms with Gasteiger partial charge < -0.3 is 5.11 Å². The number of carbonyl (C=O) groups is 4. The molecule has 2 aromatic carbocycles. The zero-order valence-corrected chi connectivity index (χ0v) is 22.6. The van der Waals surface area contributed by atoms with Crippen LogP contribution in [0.25, 0.3) is 0 Å². The highest BCUT2D eigenvalue weighted by Crippen LogP contribution is 2.55. The van der Waals surface area contributed by atoms with Crippen LogP contribution in [0.15, 0.2) is 75.8 Å². The molecular formula is C31H26BrNO5. The summed E-state index contributed by atoms with van der Waals surface area (Å²) in [5.41, 5.74) is 4.82. The molecule has 0 bridgehead atoms. The number of rotatable bonds is 3. The van der Waals surface area contributed by atoms with Gasteiger partial charge in [0.15, 0.2) is 11.6 Å². The first-order valence-electron chi connectivity index (χ1n) is 12.9. The summed E-state index contributed by atoms with van der Waals surface area (Å²) >= 11 is 3.25. The van der Waals surface area contributed by atoms with Crippen LogP contribution in [0.4, 0.5) is 5.69 Å². The number of fused-ring (bicyclic) bond motifs is 3. The van der Waals surface area contributed by atoms with E-state index in [0.29, 0.717) is 28.8 Å². The first-order chi connectivity index (χ1) is 18.2. The molecule has 1 N–H and O–H groups in total. The molecule has 4 aliphatic rings. The van der Waals surface area contributed by atoms with Gasteiger partial charge in [0.2, 0.25) is 11.8 Å². The lowest BCUT2D eigenvalue weighted by Gasteiger charge is -2.42. The van der Waals surface area contributed by atoms with E-state index < -0.39 is 23.7 Å². The van der Waals surface area contributed by atoms with E-state index in [1.54, 1.807) is 19.1 Å². The van der Waals surface area contributed by atoms with Crippen molar-refractivity contribution in [3.8, 4) is 5.75 Å². The van der Waals surface area contributed by atoms with Crippen molar-refractivity contribution in [2.45, 2.75) is 39.0 Å². The van der Waals surface area contributed by atoms with Crippen molar-refractivity contribution in [1.29, 1.82) is 0 Å². The Balaban J connectivity index is 1.47. The second kappa shape index (κ2) is 9.02. The predicted octanol–water partition coefficient (Wildman–Crippen LogP) is 5.23. The van der Waals surface area contributed by atoms with Crippen LogP contribution >= 0.6 is 15.9 Å². The van der Waals surface area contributed by atoms with Crippen LogP contribution in [0.3, 0.4) is 0 Å². The number of ketones is 2. The van der Waals surface area contributed by atoms with Crippen molar-refractivity contribution in [1.82, 2.24) is 0 Å². The summed E-state index contributed by atoms with van der Waals surface area (Å²) in [6.07, 6.45) is 4.80. The SMILES string of the molecule is CCc1ccc(N2C(=O)[C@H]3[C@H](CC=C4[C@H](c5ccc(O)c(C)c5)C5=C(C[C@H]43)C(=O)C(Br)=CC5=O)C2=O)cc1. The molecule has 192 valence electrons. The summed E-state index contributed by atoms with van der Waals surface area (Å²) in [4.78, 5) is 55.4. The lowest BCUT2D eigenvalue weighted by Crippen LogP contribution is -2.39. The van der Waals surface area contributed by atoms with Gasteiger partial charge in [-0.25, -0.2) is 0 Å². The fourth-order valence-corrected chi connectivity index (χ4v) is 7.03. The Morgan fingerprint density at radius 3 is 2.42 bits per heavy atom. The van der Waals surface area contributed by atoms with Gasteiger partial charge in [-0.1, -0.05) is 42.8 Å². The van der Waals surface area contributed by atoms with Crippen molar-refractivity contribution in [3.05, 3.63) is 92.5 Å². The third kappa shape index (κ3) is 3.59. The standard InChI is InChI=1S/C31H26BrNO5/c1-3-16-4-7-18(8-5-16)33-30(37)20-10-9-19-21(27(20)31(33)38)13-22-28(25(35)14-23(32)29(22)36)26(19)17-6-11-24(34)15(2)12-17/h4-9,11-12,14,20-21,26-27,34H,3,10,13H2,1-2H3/t20-,21+,26-,27-/m0/s1. The lowest BCUT2D eigenvalue weighted by molar-refractivity contribution is -0.123. The van der Waals surface area contributed by atoms with Crippen LogP contribution in [0, 0.1) is 24.7 Å². The van der Waals surface area contributed by atoms with E-state index in [4.69, 9.17) is 0 Å². The van der Waals surface area contributed by atoms with Gasteiger partial charge in [0.05, 0.1) is 22.0 Å². The van der Waals surface area contributed by atoms with Gasteiger partial charge in [0, 0.05) is 23.1 Å². The van der Waals surface area contributed by atoms with Crippen LogP contribution in [0.1, 0.15) is 42.4 Å². The second-order valence-electron chi connectivity index (χ2n) is 10.5. The molecule has 1 fully saturated rings. The number of amides is 2. The molecule has 1 saturated heterocycles. The minimum absolute atomic E-state index is 0.142. The van der Waals surface area contributed by atoms with Crippen LogP contribution in [0.2, 0.25) is 0 Å². The van der Waals surface area contributed by atoms with E-state index in [2.05, 4.69) is 15.9 Å². The molecule has 0 saturated carbocycles. The topological polar surface area (TPSA) is 91.8 Å². The first kappa shape index (κ1) is 24.7. The highest BCUT2D eigenvalue weighted by Gasteiger charge is 2.56. The Morgan fingerprint density at radius 1 is 1.00 bits per heavy atom. The zero-order chi connectivity index (χ0) is 26.9. The number of aromatic hydroxyl groups is 1. The summed E-state index contributed by atoms with van der Waals surface area (Å²) in [5, 5.41) is 10.1. The minimum atomic E-state index is -0.615. The molecule has 1 aliphatic heterocycles. The van der Waals surface area contributed by atoms with Gasteiger partial charge in [-0.3, -0.25) is 24.1 Å². The first-order valence-corrected chi connectivity index (χ1v) is 13.7. The average Bonchev–Trinajstić information content (AvgIpc) is 3.17. The molecule has 38 heavy (non-hydrogen) atoms. The number of benzene rings is 2. The molecule has 1 heterocycles. The number of phenols is 1. The Hall–Kier alpha value is -3.58. The fourth-order valence-electron chi connectivity index (χ4n) is 6.58. The molecule has 6 rings (SSSR count). The van der Waals surface area contributed by atoms with E-state index in [-0.39, 0.29) is 40.0 Å². The molecule has 7 heteroatoms. The molecule has 0 unspecified atom stereocenters. The van der Waals surface area contributed by atoms with Gasteiger partial charge in [-0.2, -0.15) is 0 Å². The smallest absolute Gasteiger partial charge is 0.238 e. The molecule has 4 atom stereocenters. The molecule has 0 spiro atoms. The summed E-state index contributed by atoms with van der Waals surface area (Å²) in [6, 6.07) is 12.7. The third-order valence-corrected chi connectivity index (χ3v) is 9.08. The maximum absolute atomic E-state index is 13.9. The van der Waals surface area contributed by atoms with Gasteiger partial charge in [0.1, 0.15) is 5.75 Å². The highest BCUT2D eigenvalue weighted by atomic mass is 79.9. The van der Waals surface area contributed by atoms with Crippen LogP contribution in [0.5, 0.6) is 5.75 Å². The summed E-state index contributed by atoms with van der Waals surface area (Å²) < 4.78 is 0.202. The van der Waals surface area contributed by atoms with Crippen molar-refractivity contribution in [2.24, 2.45) is 17.8 Å². The molecule has 2 amide bonds. The number of carbonyl (C=O) groups excluding carboxylic acids is 4. The Bertz CT molecular complexity index is 1530. The third-order valence-electron chi connectivity index (χ3n) is 8.49. The Morgan fingerprint density at radius 2 is 1.74 bits per heavy atom. The summed E-state index contributed by atoms with van der Waals surface area (Å²) in [7, 11) is 0. The summed E-state index contributed by atoms with van der Waals surface area (Å²) in [6.45, 7) is 3.83. The number of aryl methyl sites for hydroxylation is 2. The monoisotopic (exact) mass is 571 g/mol. The Kier molecular flexibility index (Phi) is 5.87. The van der Waals surface area contributed by atoms with Gasteiger partial charge in [-0.05, 0) is 82.9 Å². The van der Waals surface area contributed by atoms with Gasteiger partial charge in [-0.15, -0.1) is 0 Å². The highest BCUT2D eigenvalue weighted by molar-refractivity contribution is 9.12. The lowest BCUT2D eigenvalue weighted by atomic mass is 9.59. The number of nitrogens with zero attached hydrogens (tertiary/aromatic N) is 1. The number of anilines is 1. The van der Waals surface area contributed by atoms with Crippen molar-refractivity contribution in [3.63, 3.8) is 0 Å². The number of hydrogen-bond acceptors (Lipinski definition) is 5. The number of allylic oxidation sites excluding steroid dienone is 6. The van der Waals surface area contributed by atoms with E-state index in [1.807, 2.05) is 43.3 Å². The molecule has 3 aliphatic carbocycles. The maximum atomic E-state index is 13.9. The van der Waals surface area contributed by atoms with Crippen molar-refractivity contribution in [2.75, 3.05) is 4.90 Å². The second-order valence-corrected chi connectivity index (χ2v) is 11.3. The number of hydrogen-bond donors (Lipinski definition) is 1. The number of Topliss-reactive ketones (excluding diaryl/α,β-unsaturated/α-hetero) is 1. The predicted molar refractivity (Wildman–Crippen MR) is 146 cm³/mol. The van der Waals surface area contributed by atoms with E-state index in [1.165, 1.54) is 11.0 Å². The molecule has 0 radical (unpaired) electrons. The van der Waals surface area contributed by atoms with Crippen LogP contribution < -0.4 is 4.90 Å². The number of imide groups is 1. The molecule has 0 aromatic heterocycles. The van der Waals surface area contributed by atoms with Crippen molar-refractivity contribution >= 4 is 45.0 Å². The van der Waals surface area contributed by atoms with E-state index in [9.17, 15) is 24.3 Å². The quantitative estimate of drug-likeness (QED) is 0.309. The number of phenolic OH excluding ortho intramolecular Hbond substituents is 1. The van der Waals surface area contributed by atoms with E-state index >= 15 is 0 Å². The zero-order valence-electron chi connectivity index (χ0n) is 21.0. The minimum Gasteiger partial charge on any atom is -0.508 e. The molecular weight excluding hydrogens is 546 g/mol. The fraction of sp³-hybridized carbons (Fsp3) is 0.290. The van der Waals surface area contributed by atoms with E-state index in [0.717, 1.165) is 23.1 Å². The van der Waals surface area contributed by atoms with Crippen molar-refractivity contribution < 1.29 is 24.3 Å². The Labute approximate surface area is 228 Å². The molecule has 2 aromatic rings. The average molecular weight is 572 g/mol. The maximum Gasteiger partial charge on any atom is 0.238 e. The molecule has 6 nitrogen and oxygen atoms in total. The largest absolute Gasteiger partial charge is 0.508 e.